The first kappa shape index (κ1) is 17.7. The van der Waals surface area contributed by atoms with E-state index in [4.69, 9.17) is 4.74 Å². The van der Waals surface area contributed by atoms with Crippen LogP contribution in [0.5, 0.6) is 5.75 Å². The largest absolute Gasteiger partial charge is 0.493 e. The van der Waals surface area contributed by atoms with E-state index >= 15 is 0 Å². The van der Waals surface area contributed by atoms with Crippen LogP contribution in [0, 0.1) is 0 Å². The van der Waals surface area contributed by atoms with Crippen LogP contribution in [-0.2, 0) is 14.8 Å². The Morgan fingerprint density at radius 3 is 2.60 bits per heavy atom. The first-order valence-corrected chi connectivity index (χ1v) is 9.81. The summed E-state index contributed by atoms with van der Waals surface area (Å²) in [6.07, 6.45) is 0.793. The smallest absolute Gasteiger partial charge is 0.241 e. The summed E-state index contributed by atoms with van der Waals surface area (Å²) in [6.45, 7) is 2.94. The second-order valence-corrected chi connectivity index (χ2v) is 7.85. The molecule has 0 spiro atoms. The molecule has 2 aromatic rings. The lowest BCUT2D eigenvalue weighted by atomic mass is 10.1. The number of amides is 1. The topological polar surface area (TPSA) is 75.7 Å². The van der Waals surface area contributed by atoms with Gasteiger partial charge in [-0.1, -0.05) is 24.3 Å². The third-order valence-corrected chi connectivity index (χ3v) is 5.99. The maximum atomic E-state index is 12.9. The number of fused-ring (bicyclic) bond motifs is 1. The Balaban J connectivity index is 1.95. The molecule has 6 nitrogen and oxygen atoms in total. The van der Waals surface area contributed by atoms with Crippen molar-refractivity contribution in [1.29, 1.82) is 0 Å². The molecule has 1 fully saturated rings. The average Bonchev–Trinajstić information content (AvgIpc) is 2.58. The van der Waals surface area contributed by atoms with Gasteiger partial charge in [0.05, 0.1) is 11.5 Å². The molecule has 0 aromatic heterocycles. The zero-order chi connectivity index (χ0) is 18.0. The van der Waals surface area contributed by atoms with Gasteiger partial charge in [0.2, 0.25) is 15.9 Å². The number of benzene rings is 2. The normalized spacial score (nSPS) is 18.6. The van der Waals surface area contributed by atoms with Gasteiger partial charge >= 0.3 is 0 Å². The van der Waals surface area contributed by atoms with Gasteiger partial charge in [0.1, 0.15) is 5.75 Å². The van der Waals surface area contributed by atoms with Crippen LogP contribution >= 0.6 is 0 Å². The van der Waals surface area contributed by atoms with E-state index in [0.717, 1.165) is 5.39 Å². The van der Waals surface area contributed by atoms with Gasteiger partial charge in [-0.3, -0.25) is 4.79 Å². The summed E-state index contributed by atoms with van der Waals surface area (Å²) in [5.74, 6) is 0.613. The Hall–Kier alpha value is -2.12. The van der Waals surface area contributed by atoms with Crippen molar-refractivity contribution in [3.63, 3.8) is 0 Å². The van der Waals surface area contributed by atoms with Crippen LogP contribution in [0.1, 0.15) is 19.8 Å². The summed E-state index contributed by atoms with van der Waals surface area (Å²) < 4.78 is 34.1. The highest BCUT2D eigenvalue weighted by molar-refractivity contribution is 7.89. The van der Waals surface area contributed by atoms with Gasteiger partial charge < -0.3 is 9.64 Å². The molecule has 0 aliphatic carbocycles. The lowest BCUT2D eigenvalue weighted by Crippen LogP contribution is -2.46. The molecule has 7 heteroatoms. The molecule has 134 valence electrons. The molecule has 1 unspecified atom stereocenters. The summed E-state index contributed by atoms with van der Waals surface area (Å²) in [6, 6.07) is 10.1. The van der Waals surface area contributed by atoms with Crippen molar-refractivity contribution in [2.24, 2.45) is 0 Å². The van der Waals surface area contributed by atoms with Gasteiger partial charge in [0.25, 0.3) is 0 Å². The van der Waals surface area contributed by atoms with Crippen LogP contribution in [0.15, 0.2) is 41.3 Å². The van der Waals surface area contributed by atoms with E-state index in [2.05, 4.69) is 4.72 Å². The molecule has 1 aliphatic heterocycles. The zero-order valence-electron chi connectivity index (χ0n) is 14.4. The van der Waals surface area contributed by atoms with Crippen LogP contribution in [0.4, 0.5) is 0 Å². The molecule has 0 saturated carbocycles. The molecular formula is C18H22N2O4S. The number of rotatable bonds is 5. The Morgan fingerprint density at radius 1 is 1.20 bits per heavy atom. The quantitative estimate of drug-likeness (QED) is 0.884. The van der Waals surface area contributed by atoms with Crippen molar-refractivity contribution in [3.05, 3.63) is 36.4 Å². The maximum absolute atomic E-state index is 12.9. The number of carbonyl (C=O) groups is 1. The molecule has 1 amide bonds. The minimum absolute atomic E-state index is 0.0458. The van der Waals surface area contributed by atoms with E-state index in [1.165, 1.54) is 0 Å². The number of likely N-dealkylation sites (tertiary alicyclic amines) is 1. The zero-order valence-corrected chi connectivity index (χ0v) is 15.2. The number of hydrogen-bond acceptors (Lipinski definition) is 4. The first-order valence-electron chi connectivity index (χ1n) is 8.33. The highest BCUT2D eigenvalue weighted by Gasteiger charge is 2.28. The van der Waals surface area contributed by atoms with Gasteiger partial charge in [-0.2, -0.15) is 0 Å². The minimum Gasteiger partial charge on any atom is -0.493 e. The van der Waals surface area contributed by atoms with Crippen molar-refractivity contribution in [3.8, 4) is 5.75 Å². The van der Waals surface area contributed by atoms with E-state index in [-0.39, 0.29) is 23.3 Å². The molecule has 1 saturated heterocycles. The molecule has 0 radical (unpaired) electrons. The second-order valence-electron chi connectivity index (χ2n) is 6.17. The van der Waals surface area contributed by atoms with E-state index < -0.39 is 10.0 Å². The molecule has 0 bridgehead atoms. The predicted octanol–water partition coefficient (Wildman–Crippen LogP) is 2.14. The summed E-state index contributed by atoms with van der Waals surface area (Å²) in [5.41, 5.74) is 0. The van der Waals surface area contributed by atoms with Crippen LogP contribution in [0.2, 0.25) is 0 Å². The van der Waals surface area contributed by atoms with Crippen LogP contribution < -0.4 is 9.46 Å². The Kier molecular flexibility index (Phi) is 4.96. The van der Waals surface area contributed by atoms with E-state index in [0.29, 0.717) is 30.7 Å². The SMILES string of the molecule is CCOc1ccc(S(=O)(=O)NC2CCN(C)C(=O)C2)c2ccccc12. The molecule has 1 heterocycles. The Morgan fingerprint density at radius 2 is 1.92 bits per heavy atom. The van der Waals surface area contributed by atoms with Crippen molar-refractivity contribution in [2.45, 2.75) is 30.7 Å². The van der Waals surface area contributed by atoms with Gasteiger partial charge in [0, 0.05) is 36.8 Å². The fourth-order valence-corrected chi connectivity index (χ4v) is 4.57. The number of sulfonamides is 1. The number of ether oxygens (including phenoxy) is 1. The number of carbonyl (C=O) groups excluding carboxylic acids is 1. The average molecular weight is 362 g/mol. The van der Waals surface area contributed by atoms with Crippen molar-refractivity contribution >= 4 is 26.7 Å². The number of piperidine rings is 1. The summed E-state index contributed by atoms with van der Waals surface area (Å²) in [4.78, 5) is 13.7. The second kappa shape index (κ2) is 7.01. The molecule has 3 rings (SSSR count). The third kappa shape index (κ3) is 3.62. The highest BCUT2D eigenvalue weighted by atomic mass is 32.2. The maximum Gasteiger partial charge on any atom is 0.241 e. The van der Waals surface area contributed by atoms with E-state index in [9.17, 15) is 13.2 Å². The van der Waals surface area contributed by atoms with Gasteiger partial charge in [-0.15, -0.1) is 0 Å². The van der Waals surface area contributed by atoms with Gasteiger partial charge in [-0.25, -0.2) is 13.1 Å². The summed E-state index contributed by atoms with van der Waals surface area (Å²) >= 11 is 0. The first-order chi connectivity index (χ1) is 11.9. The lowest BCUT2D eigenvalue weighted by molar-refractivity contribution is -0.132. The predicted molar refractivity (Wildman–Crippen MR) is 96.1 cm³/mol. The summed E-state index contributed by atoms with van der Waals surface area (Å²) in [5, 5.41) is 1.37. The number of nitrogens with zero attached hydrogens (tertiary/aromatic N) is 1. The molecule has 1 N–H and O–H groups in total. The highest BCUT2D eigenvalue weighted by Crippen LogP contribution is 2.31. The molecular weight excluding hydrogens is 340 g/mol. The monoisotopic (exact) mass is 362 g/mol. The molecule has 25 heavy (non-hydrogen) atoms. The van der Waals surface area contributed by atoms with E-state index in [1.54, 1.807) is 36.2 Å². The Labute approximate surface area is 147 Å². The Bertz CT molecular complexity index is 895. The van der Waals surface area contributed by atoms with Crippen LogP contribution in [0.3, 0.4) is 0 Å². The molecule has 2 aromatic carbocycles. The van der Waals surface area contributed by atoms with E-state index in [1.807, 2.05) is 19.1 Å². The third-order valence-electron chi connectivity index (χ3n) is 4.41. The van der Waals surface area contributed by atoms with Crippen molar-refractivity contribution < 1.29 is 17.9 Å². The molecule has 1 aliphatic rings. The van der Waals surface area contributed by atoms with Crippen LogP contribution in [0.25, 0.3) is 10.8 Å². The fraction of sp³-hybridized carbons (Fsp3) is 0.389. The number of nitrogens with one attached hydrogen (secondary N) is 1. The van der Waals surface area contributed by atoms with Crippen molar-refractivity contribution in [1.82, 2.24) is 9.62 Å². The standard InChI is InChI=1S/C18H22N2O4S/c1-3-24-16-8-9-17(15-7-5-4-6-14(15)16)25(22,23)19-13-10-11-20(2)18(21)12-13/h4-9,13,19H,3,10-12H2,1-2H3. The van der Waals surface area contributed by atoms with Crippen molar-refractivity contribution in [2.75, 3.05) is 20.2 Å². The summed E-state index contributed by atoms with van der Waals surface area (Å²) in [7, 11) is -2.01. The van der Waals surface area contributed by atoms with Crippen LogP contribution in [-0.4, -0.2) is 45.5 Å². The molecule has 1 atom stereocenters. The fourth-order valence-electron chi connectivity index (χ4n) is 3.09. The van der Waals surface area contributed by atoms with Gasteiger partial charge in [-0.05, 0) is 25.5 Å². The lowest BCUT2D eigenvalue weighted by Gasteiger charge is -2.29. The minimum atomic E-state index is -3.74. The number of hydrogen-bond donors (Lipinski definition) is 1. The van der Waals surface area contributed by atoms with Gasteiger partial charge in [0.15, 0.2) is 0 Å².